The third-order valence-corrected chi connectivity index (χ3v) is 10.6. The van der Waals surface area contributed by atoms with E-state index < -0.39 is 0 Å². The fourth-order valence-corrected chi connectivity index (χ4v) is 8.26. The molecule has 2 aromatic heterocycles. The number of benzene rings is 8. The van der Waals surface area contributed by atoms with E-state index in [0.717, 1.165) is 0 Å². The highest BCUT2D eigenvalue weighted by Crippen LogP contribution is 2.44. The van der Waals surface area contributed by atoms with Crippen molar-refractivity contribution in [2.45, 2.75) is 0 Å². The summed E-state index contributed by atoms with van der Waals surface area (Å²) in [6.07, 6.45) is 0. The molecule has 0 amide bonds. The van der Waals surface area contributed by atoms with Crippen molar-refractivity contribution in [1.82, 2.24) is 9.13 Å². The molecule has 48 heavy (non-hydrogen) atoms. The number of hydrogen-bond acceptors (Lipinski definition) is 0. The Balaban J connectivity index is 1.29. The first-order valence-electron chi connectivity index (χ1n) is 16.6. The Morgan fingerprint density at radius 1 is 0.292 bits per heavy atom. The molecule has 0 saturated carbocycles. The number of para-hydroxylation sites is 2. The van der Waals surface area contributed by atoms with Crippen LogP contribution in [0.25, 0.3) is 98.5 Å². The third-order valence-electron chi connectivity index (χ3n) is 10.6. The molecule has 0 atom stereocenters. The van der Waals surface area contributed by atoms with Crippen LogP contribution in [0, 0.1) is 0 Å². The number of nitrogens with zero attached hydrogens (tertiary/aromatic N) is 2. The van der Waals surface area contributed by atoms with E-state index in [1.165, 1.54) is 98.5 Å². The summed E-state index contributed by atoms with van der Waals surface area (Å²) < 4.78 is 4.61. The lowest BCUT2D eigenvalue weighted by molar-refractivity contribution is 1.01. The van der Waals surface area contributed by atoms with E-state index in [9.17, 15) is 0 Å². The highest BCUT2D eigenvalue weighted by Gasteiger charge is 2.18. The standard InChI is InChI=1S/C46H32N2/c1-47-42-20-8-6-14-34(42)40-26-30(22-24-44(40)47)32-16-10-18-36-38(32)28-39-33(17-11-19-37(39)46(36)29-12-4-3-5-13-29)31-23-25-45-41(27-31)35-15-7-9-21-43(35)48(45)2/h3-28H,1-2H3. The number of aromatic nitrogens is 2. The van der Waals surface area contributed by atoms with Crippen molar-refractivity contribution >= 4 is 65.2 Å². The van der Waals surface area contributed by atoms with Gasteiger partial charge in [-0.1, -0.05) is 115 Å². The number of hydrogen-bond donors (Lipinski definition) is 0. The lowest BCUT2D eigenvalue weighted by Crippen LogP contribution is -1.91. The van der Waals surface area contributed by atoms with Gasteiger partial charge in [0.25, 0.3) is 0 Å². The topological polar surface area (TPSA) is 9.86 Å². The zero-order valence-electron chi connectivity index (χ0n) is 26.9. The van der Waals surface area contributed by atoms with Gasteiger partial charge in [-0.3, -0.25) is 0 Å². The monoisotopic (exact) mass is 612 g/mol. The van der Waals surface area contributed by atoms with Crippen LogP contribution in [0.2, 0.25) is 0 Å². The second-order valence-corrected chi connectivity index (χ2v) is 13.0. The summed E-state index contributed by atoms with van der Waals surface area (Å²) in [6, 6.07) is 58.3. The van der Waals surface area contributed by atoms with E-state index in [1.54, 1.807) is 0 Å². The Labute approximate surface area is 278 Å². The Hall–Kier alpha value is -6.12. The van der Waals surface area contributed by atoms with E-state index >= 15 is 0 Å². The Bertz CT molecular complexity index is 2730. The first-order chi connectivity index (χ1) is 23.7. The lowest BCUT2D eigenvalue weighted by atomic mass is 9.86. The Kier molecular flexibility index (Phi) is 5.74. The van der Waals surface area contributed by atoms with Crippen molar-refractivity contribution in [2.75, 3.05) is 0 Å². The van der Waals surface area contributed by atoms with Crippen LogP contribution in [0.5, 0.6) is 0 Å². The molecule has 10 aromatic rings. The van der Waals surface area contributed by atoms with Crippen LogP contribution in [-0.2, 0) is 14.1 Å². The van der Waals surface area contributed by atoms with Crippen molar-refractivity contribution < 1.29 is 0 Å². The minimum absolute atomic E-state index is 1.23. The summed E-state index contributed by atoms with van der Waals surface area (Å²) in [5, 5.41) is 10.2. The molecule has 0 saturated heterocycles. The fourth-order valence-electron chi connectivity index (χ4n) is 8.26. The molecule has 226 valence electrons. The Morgan fingerprint density at radius 2 is 0.729 bits per heavy atom. The van der Waals surface area contributed by atoms with Crippen molar-refractivity contribution in [3.8, 4) is 33.4 Å². The lowest BCUT2D eigenvalue weighted by Gasteiger charge is -2.17. The van der Waals surface area contributed by atoms with Gasteiger partial charge < -0.3 is 9.13 Å². The predicted molar refractivity (Wildman–Crippen MR) is 206 cm³/mol. The van der Waals surface area contributed by atoms with Crippen LogP contribution in [0.4, 0.5) is 0 Å². The molecule has 0 spiro atoms. The van der Waals surface area contributed by atoms with Gasteiger partial charge in [0.15, 0.2) is 0 Å². The molecule has 0 unspecified atom stereocenters. The highest BCUT2D eigenvalue weighted by atomic mass is 14.9. The highest BCUT2D eigenvalue weighted by molar-refractivity contribution is 6.20. The molecule has 0 bridgehead atoms. The van der Waals surface area contributed by atoms with Crippen LogP contribution in [0.1, 0.15) is 0 Å². The maximum absolute atomic E-state index is 2.45. The molecule has 0 aliphatic carbocycles. The Morgan fingerprint density at radius 3 is 1.25 bits per heavy atom. The molecule has 2 nitrogen and oxygen atoms in total. The van der Waals surface area contributed by atoms with Crippen LogP contribution in [-0.4, -0.2) is 9.13 Å². The summed E-state index contributed by atoms with van der Waals surface area (Å²) in [6.45, 7) is 0. The van der Waals surface area contributed by atoms with E-state index in [2.05, 4.69) is 181 Å². The van der Waals surface area contributed by atoms with E-state index in [-0.39, 0.29) is 0 Å². The van der Waals surface area contributed by atoms with Gasteiger partial charge in [0.2, 0.25) is 0 Å². The van der Waals surface area contributed by atoms with Gasteiger partial charge >= 0.3 is 0 Å². The van der Waals surface area contributed by atoms with Crippen molar-refractivity contribution in [1.29, 1.82) is 0 Å². The fraction of sp³-hybridized carbons (Fsp3) is 0.0435. The normalized spacial score (nSPS) is 12.0. The molecular weight excluding hydrogens is 581 g/mol. The number of fused-ring (bicyclic) bond motifs is 8. The molecule has 2 heteroatoms. The molecule has 8 aromatic carbocycles. The smallest absolute Gasteiger partial charge is 0.0489 e. The molecule has 2 heterocycles. The molecule has 0 N–H and O–H groups in total. The van der Waals surface area contributed by atoms with Crippen LogP contribution >= 0.6 is 0 Å². The summed E-state index contributed by atoms with van der Waals surface area (Å²) in [4.78, 5) is 0. The molecule has 0 fully saturated rings. The van der Waals surface area contributed by atoms with E-state index in [0.29, 0.717) is 0 Å². The minimum Gasteiger partial charge on any atom is -0.344 e. The molecule has 10 rings (SSSR count). The van der Waals surface area contributed by atoms with E-state index in [4.69, 9.17) is 0 Å². The van der Waals surface area contributed by atoms with Crippen molar-refractivity contribution in [3.63, 3.8) is 0 Å². The average Bonchev–Trinajstić information content (AvgIpc) is 3.60. The van der Waals surface area contributed by atoms with Gasteiger partial charge in [0.05, 0.1) is 0 Å². The first kappa shape index (κ1) is 27.0. The van der Waals surface area contributed by atoms with Gasteiger partial charge in [-0.2, -0.15) is 0 Å². The minimum atomic E-state index is 1.23. The van der Waals surface area contributed by atoms with Gasteiger partial charge in [-0.25, -0.2) is 0 Å². The number of aryl methyl sites for hydroxylation is 2. The predicted octanol–water partition coefficient (Wildman–Crippen LogP) is 12.3. The molecular formula is C46H32N2. The van der Waals surface area contributed by atoms with Crippen molar-refractivity contribution in [3.05, 3.63) is 158 Å². The van der Waals surface area contributed by atoms with Gasteiger partial charge in [-0.05, 0) is 97.4 Å². The zero-order valence-corrected chi connectivity index (χ0v) is 26.9. The maximum atomic E-state index is 2.45. The zero-order chi connectivity index (χ0) is 31.9. The SMILES string of the molecule is Cn1c2ccccc2c2cc(-c3cccc4c(-c5ccccc5)c5cccc(-c6ccc7c(c6)c6ccccc6n7C)c5cc34)ccc21. The van der Waals surface area contributed by atoms with Gasteiger partial charge in [0.1, 0.15) is 0 Å². The molecule has 0 aliphatic heterocycles. The maximum Gasteiger partial charge on any atom is 0.0489 e. The summed E-state index contributed by atoms with van der Waals surface area (Å²) in [7, 11) is 4.33. The van der Waals surface area contributed by atoms with Crippen LogP contribution < -0.4 is 0 Å². The van der Waals surface area contributed by atoms with Crippen LogP contribution in [0.15, 0.2) is 158 Å². The molecule has 0 radical (unpaired) electrons. The second kappa shape index (κ2) is 10.2. The van der Waals surface area contributed by atoms with Gasteiger partial charge in [-0.15, -0.1) is 0 Å². The largest absolute Gasteiger partial charge is 0.344 e. The first-order valence-corrected chi connectivity index (χ1v) is 16.6. The average molecular weight is 613 g/mol. The quantitative estimate of drug-likeness (QED) is 0.176. The summed E-state index contributed by atoms with van der Waals surface area (Å²) in [5.41, 5.74) is 12.5. The second-order valence-electron chi connectivity index (χ2n) is 13.0. The summed E-state index contributed by atoms with van der Waals surface area (Å²) >= 11 is 0. The number of rotatable bonds is 3. The van der Waals surface area contributed by atoms with Crippen LogP contribution in [0.3, 0.4) is 0 Å². The van der Waals surface area contributed by atoms with Gasteiger partial charge in [0, 0.05) is 57.7 Å². The third kappa shape index (κ3) is 3.80. The summed E-state index contributed by atoms with van der Waals surface area (Å²) in [5.74, 6) is 0. The van der Waals surface area contributed by atoms with E-state index in [1.807, 2.05) is 0 Å². The molecule has 0 aliphatic rings. The van der Waals surface area contributed by atoms with Crippen molar-refractivity contribution in [2.24, 2.45) is 14.1 Å².